The molecule has 1 aliphatic heterocycles. The molecule has 1 aliphatic rings. The molecule has 1 atom stereocenters. The molecule has 0 unspecified atom stereocenters. The average molecular weight is 170 g/mol. The number of nitrogens with one attached hydrogen (secondary N) is 1. The summed E-state index contributed by atoms with van der Waals surface area (Å²) in [5.74, 6) is 0.446. The summed E-state index contributed by atoms with van der Waals surface area (Å²) in [4.78, 5) is 11.0. The maximum atomic E-state index is 11.0. The molecule has 3 N–H and O–H groups in total. The molecule has 3 nitrogen and oxygen atoms in total. The fourth-order valence-corrected chi connectivity index (χ4v) is 1.71. The van der Waals surface area contributed by atoms with E-state index in [0.717, 1.165) is 19.5 Å². The molecule has 0 saturated carbocycles. The lowest BCUT2D eigenvalue weighted by molar-refractivity contribution is -0.126. The number of amides is 1. The summed E-state index contributed by atoms with van der Waals surface area (Å²) >= 11 is 0. The summed E-state index contributed by atoms with van der Waals surface area (Å²) < 4.78 is 0. The fourth-order valence-electron chi connectivity index (χ4n) is 1.71. The van der Waals surface area contributed by atoms with Gasteiger partial charge in [0, 0.05) is 5.41 Å². The van der Waals surface area contributed by atoms with Crippen LogP contribution in [-0.4, -0.2) is 19.0 Å². The van der Waals surface area contributed by atoms with Crippen molar-refractivity contribution in [1.29, 1.82) is 0 Å². The van der Waals surface area contributed by atoms with Gasteiger partial charge >= 0.3 is 0 Å². The number of carbonyl (C=O) groups excluding carboxylic acids is 1. The quantitative estimate of drug-likeness (QED) is 0.648. The van der Waals surface area contributed by atoms with Crippen molar-refractivity contribution in [1.82, 2.24) is 5.32 Å². The molecule has 3 heteroatoms. The summed E-state index contributed by atoms with van der Waals surface area (Å²) in [6, 6.07) is 0. The highest BCUT2D eigenvalue weighted by Gasteiger charge is 2.29. The third kappa shape index (κ3) is 2.21. The Morgan fingerprint density at radius 1 is 1.67 bits per heavy atom. The number of nitrogens with two attached hydrogens (primary N) is 1. The van der Waals surface area contributed by atoms with Gasteiger partial charge in [0.1, 0.15) is 0 Å². The maximum absolute atomic E-state index is 11.0. The molecule has 0 aromatic heterocycles. The van der Waals surface area contributed by atoms with E-state index in [4.69, 9.17) is 5.73 Å². The highest BCUT2D eigenvalue weighted by atomic mass is 16.1. The highest BCUT2D eigenvalue weighted by molar-refractivity contribution is 5.79. The molecule has 0 radical (unpaired) electrons. The molecule has 1 rings (SSSR count). The van der Waals surface area contributed by atoms with Crippen LogP contribution in [0.4, 0.5) is 0 Å². The topological polar surface area (TPSA) is 55.1 Å². The molecule has 12 heavy (non-hydrogen) atoms. The molecule has 1 heterocycles. The van der Waals surface area contributed by atoms with Gasteiger partial charge in [-0.2, -0.15) is 0 Å². The second kappa shape index (κ2) is 3.44. The van der Waals surface area contributed by atoms with Crippen LogP contribution in [0.25, 0.3) is 0 Å². The lowest BCUT2D eigenvalue weighted by Gasteiger charge is -2.23. The van der Waals surface area contributed by atoms with Crippen molar-refractivity contribution in [3.8, 4) is 0 Å². The predicted octanol–water partition coefficient (Wildman–Crippen LogP) is 0.497. The normalized spacial score (nSPS) is 24.3. The molecule has 0 bridgehead atoms. The largest absolute Gasteiger partial charge is 0.369 e. The second-order valence-corrected chi connectivity index (χ2v) is 4.31. The van der Waals surface area contributed by atoms with E-state index in [1.165, 1.54) is 6.42 Å². The SMILES string of the molecule is CC(C)(C[C@H]1CCNC1)C(N)=O. The van der Waals surface area contributed by atoms with E-state index in [1.54, 1.807) is 0 Å². The van der Waals surface area contributed by atoms with Crippen molar-refractivity contribution in [2.24, 2.45) is 17.1 Å². The summed E-state index contributed by atoms with van der Waals surface area (Å²) in [7, 11) is 0. The Labute approximate surface area is 73.7 Å². The molecule has 1 fully saturated rings. The van der Waals surface area contributed by atoms with Crippen LogP contribution in [-0.2, 0) is 4.79 Å². The Hall–Kier alpha value is -0.570. The molecule has 1 amide bonds. The first-order valence-electron chi connectivity index (χ1n) is 4.53. The molecule has 70 valence electrons. The van der Waals surface area contributed by atoms with Gasteiger partial charge in [0.05, 0.1) is 0 Å². The number of rotatable bonds is 3. The Morgan fingerprint density at radius 3 is 2.75 bits per heavy atom. The summed E-state index contributed by atoms with van der Waals surface area (Å²) in [5, 5.41) is 3.28. The first-order chi connectivity index (χ1) is 5.52. The van der Waals surface area contributed by atoms with Crippen molar-refractivity contribution in [3.05, 3.63) is 0 Å². The van der Waals surface area contributed by atoms with E-state index in [1.807, 2.05) is 13.8 Å². The predicted molar refractivity (Wildman–Crippen MR) is 48.6 cm³/mol. The zero-order chi connectivity index (χ0) is 9.19. The van der Waals surface area contributed by atoms with Crippen molar-refractivity contribution < 1.29 is 4.79 Å². The van der Waals surface area contributed by atoms with Crippen LogP contribution in [0, 0.1) is 11.3 Å². The van der Waals surface area contributed by atoms with Crippen LogP contribution >= 0.6 is 0 Å². The third-order valence-corrected chi connectivity index (χ3v) is 2.63. The molecule has 0 aromatic carbocycles. The molecule has 0 aliphatic carbocycles. The van der Waals surface area contributed by atoms with Gasteiger partial charge in [0.25, 0.3) is 0 Å². The van der Waals surface area contributed by atoms with Gasteiger partial charge in [0.2, 0.25) is 5.91 Å². The van der Waals surface area contributed by atoms with E-state index in [9.17, 15) is 4.79 Å². The zero-order valence-corrected chi connectivity index (χ0v) is 7.89. The summed E-state index contributed by atoms with van der Waals surface area (Å²) in [6.07, 6.45) is 2.09. The standard InChI is InChI=1S/C9H18N2O/c1-9(2,8(10)12)5-7-3-4-11-6-7/h7,11H,3-6H2,1-2H3,(H2,10,12)/t7-/m1/s1. The number of primary amides is 1. The molecule has 1 saturated heterocycles. The van der Waals surface area contributed by atoms with Gasteiger partial charge in [-0.15, -0.1) is 0 Å². The Balaban J connectivity index is 2.42. The lowest BCUT2D eigenvalue weighted by Crippen LogP contribution is -2.33. The Bertz CT molecular complexity index is 171. The highest BCUT2D eigenvalue weighted by Crippen LogP contribution is 2.27. The van der Waals surface area contributed by atoms with Gasteiger partial charge in [-0.1, -0.05) is 13.8 Å². The second-order valence-electron chi connectivity index (χ2n) is 4.31. The molecular weight excluding hydrogens is 152 g/mol. The van der Waals surface area contributed by atoms with Crippen LogP contribution in [0.5, 0.6) is 0 Å². The maximum Gasteiger partial charge on any atom is 0.223 e. The number of hydrogen-bond donors (Lipinski definition) is 2. The smallest absolute Gasteiger partial charge is 0.223 e. The van der Waals surface area contributed by atoms with Crippen molar-refractivity contribution in [3.63, 3.8) is 0 Å². The Kier molecular flexibility index (Phi) is 2.73. The van der Waals surface area contributed by atoms with E-state index in [0.29, 0.717) is 5.92 Å². The molecule has 0 spiro atoms. The number of hydrogen-bond acceptors (Lipinski definition) is 2. The van der Waals surface area contributed by atoms with Crippen LogP contribution in [0.3, 0.4) is 0 Å². The first kappa shape index (κ1) is 9.52. The van der Waals surface area contributed by atoms with Crippen LogP contribution in [0.1, 0.15) is 26.7 Å². The minimum absolute atomic E-state index is 0.186. The van der Waals surface area contributed by atoms with Gasteiger partial charge in [-0.3, -0.25) is 4.79 Å². The fraction of sp³-hybridized carbons (Fsp3) is 0.889. The molecular formula is C9H18N2O. The monoisotopic (exact) mass is 170 g/mol. The van der Waals surface area contributed by atoms with Crippen molar-refractivity contribution in [2.75, 3.05) is 13.1 Å². The number of carbonyl (C=O) groups is 1. The van der Waals surface area contributed by atoms with E-state index in [2.05, 4.69) is 5.32 Å². The van der Waals surface area contributed by atoms with Crippen molar-refractivity contribution >= 4 is 5.91 Å². The van der Waals surface area contributed by atoms with E-state index >= 15 is 0 Å². The average Bonchev–Trinajstić information content (AvgIpc) is 2.38. The van der Waals surface area contributed by atoms with Gasteiger partial charge in [-0.05, 0) is 31.8 Å². The first-order valence-corrected chi connectivity index (χ1v) is 4.53. The van der Waals surface area contributed by atoms with Crippen LogP contribution in [0.15, 0.2) is 0 Å². The Morgan fingerprint density at radius 2 is 2.33 bits per heavy atom. The third-order valence-electron chi connectivity index (χ3n) is 2.63. The van der Waals surface area contributed by atoms with Crippen LogP contribution in [0.2, 0.25) is 0 Å². The van der Waals surface area contributed by atoms with Gasteiger partial charge in [0.15, 0.2) is 0 Å². The van der Waals surface area contributed by atoms with Gasteiger partial charge < -0.3 is 11.1 Å². The van der Waals surface area contributed by atoms with E-state index in [-0.39, 0.29) is 11.3 Å². The van der Waals surface area contributed by atoms with Gasteiger partial charge in [-0.25, -0.2) is 0 Å². The lowest BCUT2D eigenvalue weighted by atomic mass is 9.82. The van der Waals surface area contributed by atoms with Crippen LogP contribution < -0.4 is 11.1 Å². The summed E-state index contributed by atoms with van der Waals surface area (Å²) in [6.45, 7) is 5.97. The summed E-state index contributed by atoms with van der Waals surface area (Å²) in [5.41, 5.74) is 4.95. The zero-order valence-electron chi connectivity index (χ0n) is 7.89. The minimum atomic E-state index is -0.337. The van der Waals surface area contributed by atoms with Crippen molar-refractivity contribution in [2.45, 2.75) is 26.7 Å². The molecule has 0 aromatic rings. The van der Waals surface area contributed by atoms with E-state index < -0.39 is 0 Å². The minimum Gasteiger partial charge on any atom is -0.369 e.